The van der Waals surface area contributed by atoms with Gasteiger partial charge >= 0.3 is 0 Å². The summed E-state index contributed by atoms with van der Waals surface area (Å²) in [6.07, 6.45) is 7.99. The highest BCUT2D eigenvalue weighted by Gasteiger charge is 2.13. The zero-order valence-corrected chi connectivity index (χ0v) is 15.6. The van der Waals surface area contributed by atoms with Crippen molar-refractivity contribution in [2.24, 2.45) is 4.99 Å². The summed E-state index contributed by atoms with van der Waals surface area (Å²) in [5, 5.41) is 0. The van der Waals surface area contributed by atoms with E-state index in [1.165, 1.54) is 11.1 Å². The zero-order chi connectivity index (χ0) is 18.8. The molecule has 1 fully saturated rings. The monoisotopic (exact) mass is 374 g/mol. The van der Waals surface area contributed by atoms with E-state index in [1.54, 1.807) is 0 Å². The Labute approximate surface area is 163 Å². The largest absolute Gasteiger partial charge is 0.457 e. The molecule has 28 heavy (non-hydrogen) atoms. The lowest BCUT2D eigenvalue weighted by molar-refractivity contribution is 0.0337. The molecule has 0 amide bonds. The molecule has 1 saturated heterocycles. The highest BCUT2D eigenvalue weighted by Crippen LogP contribution is 2.25. The van der Waals surface area contributed by atoms with E-state index in [9.17, 15) is 0 Å². The van der Waals surface area contributed by atoms with Crippen LogP contribution >= 0.6 is 0 Å². The van der Waals surface area contributed by atoms with E-state index < -0.39 is 0 Å². The van der Waals surface area contributed by atoms with Crippen LogP contribution in [0.15, 0.2) is 59.9 Å². The molecular formula is C22H22N4O2. The maximum Gasteiger partial charge on any atom is 0.140 e. The number of imidazole rings is 1. The molecule has 1 aromatic carbocycles. The number of benzene rings is 1. The van der Waals surface area contributed by atoms with Crippen molar-refractivity contribution in [3.8, 4) is 11.5 Å². The fraction of sp³-hybridized carbons (Fsp3) is 0.273. The van der Waals surface area contributed by atoms with Crippen molar-refractivity contribution in [1.29, 1.82) is 0 Å². The van der Waals surface area contributed by atoms with Crippen LogP contribution in [0.25, 0.3) is 11.2 Å². The molecule has 0 aliphatic carbocycles. The molecule has 5 rings (SSSR count). The van der Waals surface area contributed by atoms with Crippen LogP contribution in [-0.4, -0.2) is 53.3 Å². The van der Waals surface area contributed by atoms with E-state index in [0.29, 0.717) is 0 Å². The first-order chi connectivity index (χ1) is 13.8. The average molecular weight is 374 g/mol. The van der Waals surface area contributed by atoms with Gasteiger partial charge in [0.05, 0.1) is 25.5 Å². The number of rotatable bonds is 5. The molecule has 2 aliphatic heterocycles. The van der Waals surface area contributed by atoms with Crippen molar-refractivity contribution >= 4 is 17.4 Å². The van der Waals surface area contributed by atoms with Gasteiger partial charge in [0, 0.05) is 44.3 Å². The minimum atomic E-state index is 0.754. The van der Waals surface area contributed by atoms with Crippen molar-refractivity contribution in [2.45, 2.75) is 6.54 Å². The first-order valence-corrected chi connectivity index (χ1v) is 9.58. The SMILES string of the molecule is C1=NCC(c2ccc(Oc3ccn4cc(CN5CCOCC5)nc4c3)cc2)=C1. The maximum atomic E-state index is 6.03. The van der Waals surface area contributed by atoms with Crippen molar-refractivity contribution < 1.29 is 9.47 Å². The number of hydrogen-bond acceptors (Lipinski definition) is 5. The van der Waals surface area contributed by atoms with Gasteiger partial charge in [0.1, 0.15) is 17.1 Å². The van der Waals surface area contributed by atoms with Gasteiger partial charge in [0.15, 0.2) is 0 Å². The Morgan fingerprint density at radius 3 is 2.68 bits per heavy atom. The minimum Gasteiger partial charge on any atom is -0.457 e. The van der Waals surface area contributed by atoms with Gasteiger partial charge in [-0.3, -0.25) is 9.89 Å². The Balaban J connectivity index is 1.29. The second kappa shape index (κ2) is 7.58. The van der Waals surface area contributed by atoms with Crippen LogP contribution in [0, 0.1) is 0 Å². The Hall–Kier alpha value is -2.96. The molecule has 6 heteroatoms. The standard InChI is InChI=1S/C22H22N4O2/c1-3-20(4-2-17(1)18-5-7-23-14-18)28-21-6-8-26-16-19(24-22(26)13-21)15-25-9-11-27-12-10-25/h1-8,13,16H,9-12,14-15H2. The molecule has 4 heterocycles. The van der Waals surface area contributed by atoms with Crippen LogP contribution in [0.2, 0.25) is 0 Å². The summed E-state index contributed by atoms with van der Waals surface area (Å²) in [6, 6.07) is 12.1. The predicted octanol–water partition coefficient (Wildman–Crippen LogP) is 3.43. The molecule has 0 radical (unpaired) electrons. The first kappa shape index (κ1) is 17.2. The van der Waals surface area contributed by atoms with Gasteiger partial charge in [-0.15, -0.1) is 0 Å². The minimum absolute atomic E-state index is 0.754. The van der Waals surface area contributed by atoms with Crippen molar-refractivity contribution in [1.82, 2.24) is 14.3 Å². The number of ether oxygens (including phenoxy) is 2. The quantitative estimate of drug-likeness (QED) is 0.687. The number of allylic oxidation sites excluding steroid dienone is 1. The molecule has 6 nitrogen and oxygen atoms in total. The van der Waals surface area contributed by atoms with Crippen LogP contribution in [0.4, 0.5) is 0 Å². The van der Waals surface area contributed by atoms with Gasteiger partial charge in [-0.05, 0) is 35.4 Å². The summed E-state index contributed by atoms with van der Waals surface area (Å²) in [5.41, 5.74) is 4.38. The van der Waals surface area contributed by atoms with Gasteiger partial charge in [-0.25, -0.2) is 4.98 Å². The summed E-state index contributed by atoms with van der Waals surface area (Å²) in [5.74, 6) is 1.60. The highest BCUT2D eigenvalue weighted by atomic mass is 16.5. The van der Waals surface area contributed by atoms with Crippen LogP contribution in [0.1, 0.15) is 11.3 Å². The topological polar surface area (TPSA) is 51.4 Å². The van der Waals surface area contributed by atoms with Gasteiger partial charge in [0.25, 0.3) is 0 Å². The number of aromatic nitrogens is 2. The number of fused-ring (bicyclic) bond motifs is 1. The molecule has 0 spiro atoms. The summed E-state index contributed by atoms with van der Waals surface area (Å²) >= 11 is 0. The van der Waals surface area contributed by atoms with E-state index in [1.807, 2.05) is 41.1 Å². The smallest absolute Gasteiger partial charge is 0.140 e. The van der Waals surface area contributed by atoms with Gasteiger partial charge in [-0.1, -0.05) is 12.1 Å². The van der Waals surface area contributed by atoms with E-state index >= 15 is 0 Å². The molecule has 0 atom stereocenters. The lowest BCUT2D eigenvalue weighted by Crippen LogP contribution is -2.35. The summed E-state index contributed by atoms with van der Waals surface area (Å²) in [7, 11) is 0. The van der Waals surface area contributed by atoms with Gasteiger partial charge in [-0.2, -0.15) is 0 Å². The van der Waals surface area contributed by atoms with E-state index in [-0.39, 0.29) is 0 Å². The average Bonchev–Trinajstić information content (AvgIpc) is 3.39. The Morgan fingerprint density at radius 1 is 1.04 bits per heavy atom. The third kappa shape index (κ3) is 3.69. The van der Waals surface area contributed by atoms with Gasteiger partial charge in [0.2, 0.25) is 0 Å². The molecule has 142 valence electrons. The van der Waals surface area contributed by atoms with Crippen LogP contribution in [0.5, 0.6) is 11.5 Å². The molecule has 2 aliphatic rings. The normalized spacial score (nSPS) is 17.2. The fourth-order valence-corrected chi connectivity index (χ4v) is 3.55. The fourth-order valence-electron chi connectivity index (χ4n) is 3.55. The van der Waals surface area contributed by atoms with Crippen LogP contribution < -0.4 is 4.74 Å². The van der Waals surface area contributed by atoms with Crippen molar-refractivity contribution in [2.75, 3.05) is 32.8 Å². The second-order valence-electron chi connectivity index (χ2n) is 7.06. The zero-order valence-electron chi connectivity index (χ0n) is 15.6. The maximum absolute atomic E-state index is 6.03. The Morgan fingerprint density at radius 2 is 1.89 bits per heavy atom. The van der Waals surface area contributed by atoms with Gasteiger partial charge < -0.3 is 13.9 Å². The number of hydrogen-bond donors (Lipinski definition) is 0. The molecule has 0 N–H and O–H groups in total. The molecule has 0 saturated carbocycles. The molecule has 0 bridgehead atoms. The molecular weight excluding hydrogens is 352 g/mol. The lowest BCUT2D eigenvalue weighted by atomic mass is 10.1. The number of pyridine rings is 1. The summed E-state index contributed by atoms with van der Waals surface area (Å²) in [6.45, 7) is 5.12. The third-order valence-corrected chi connectivity index (χ3v) is 5.07. The van der Waals surface area contributed by atoms with Crippen LogP contribution in [-0.2, 0) is 11.3 Å². The molecule has 0 unspecified atom stereocenters. The van der Waals surface area contributed by atoms with E-state index in [4.69, 9.17) is 14.5 Å². The van der Waals surface area contributed by atoms with Crippen molar-refractivity contribution in [3.63, 3.8) is 0 Å². The summed E-state index contributed by atoms with van der Waals surface area (Å²) in [4.78, 5) is 11.4. The lowest BCUT2D eigenvalue weighted by Gasteiger charge is -2.25. The molecule has 3 aromatic rings. The van der Waals surface area contributed by atoms with Crippen LogP contribution in [0.3, 0.4) is 0 Å². The number of morpholine rings is 1. The number of nitrogens with zero attached hydrogens (tertiary/aromatic N) is 4. The van der Waals surface area contributed by atoms with E-state index in [0.717, 1.165) is 62.2 Å². The number of aliphatic imine (C=N–C) groups is 1. The third-order valence-electron chi connectivity index (χ3n) is 5.07. The summed E-state index contributed by atoms with van der Waals surface area (Å²) < 4.78 is 13.5. The Kier molecular flexibility index (Phi) is 4.64. The predicted molar refractivity (Wildman–Crippen MR) is 109 cm³/mol. The Bertz CT molecular complexity index is 1030. The molecule has 2 aromatic heterocycles. The van der Waals surface area contributed by atoms with E-state index in [2.05, 4.69) is 34.3 Å². The highest BCUT2D eigenvalue weighted by molar-refractivity contribution is 5.89. The second-order valence-corrected chi connectivity index (χ2v) is 7.06. The van der Waals surface area contributed by atoms with Crippen molar-refractivity contribution in [3.05, 3.63) is 66.1 Å². The first-order valence-electron chi connectivity index (χ1n) is 9.58.